The van der Waals surface area contributed by atoms with Crippen molar-refractivity contribution in [2.24, 2.45) is 0 Å². The number of hydrogen-bond acceptors (Lipinski definition) is 6. The third-order valence-corrected chi connectivity index (χ3v) is 3.87. The number of nitrogens with one attached hydrogen (secondary N) is 1. The van der Waals surface area contributed by atoms with Crippen LogP contribution >= 0.6 is 0 Å². The third kappa shape index (κ3) is 3.08. The van der Waals surface area contributed by atoms with Crippen LogP contribution in [0.4, 0.5) is 5.82 Å². The Kier molecular flexibility index (Phi) is 4.03. The predicted octanol–water partition coefficient (Wildman–Crippen LogP) is 0.984. The van der Waals surface area contributed by atoms with E-state index < -0.39 is 21.7 Å². The number of anilines is 1. The van der Waals surface area contributed by atoms with Crippen LogP contribution in [0.5, 0.6) is 5.75 Å². The summed E-state index contributed by atoms with van der Waals surface area (Å²) in [6, 6.07) is 5.94. The van der Waals surface area contributed by atoms with Gasteiger partial charge in [-0.3, -0.25) is 4.72 Å². The van der Waals surface area contributed by atoms with Crippen LogP contribution in [0.2, 0.25) is 0 Å². The van der Waals surface area contributed by atoms with E-state index in [1.807, 2.05) is 0 Å². The van der Waals surface area contributed by atoms with E-state index in [0.717, 1.165) is 6.20 Å². The number of rotatable bonds is 5. The largest absolute Gasteiger partial charge is 0.495 e. The molecule has 9 heteroatoms. The fourth-order valence-corrected chi connectivity index (χ4v) is 2.78. The summed E-state index contributed by atoms with van der Waals surface area (Å²) in [6.07, 6.45) is 2.34. The molecule has 1 aromatic heterocycles. The number of aromatic nitrogens is 2. The normalized spacial score (nSPS) is 10.9. The first-order chi connectivity index (χ1) is 9.95. The second-order valence-corrected chi connectivity index (χ2v) is 5.47. The molecule has 2 N–H and O–H groups in total. The van der Waals surface area contributed by atoms with E-state index in [1.54, 1.807) is 6.07 Å². The highest BCUT2D eigenvalue weighted by molar-refractivity contribution is 7.92. The summed E-state index contributed by atoms with van der Waals surface area (Å²) in [5, 5.41) is 8.97. The maximum absolute atomic E-state index is 12.3. The Labute approximate surface area is 120 Å². The van der Waals surface area contributed by atoms with E-state index in [4.69, 9.17) is 9.84 Å². The monoisotopic (exact) mass is 309 g/mol. The number of methoxy groups -OCH3 is 1. The van der Waals surface area contributed by atoms with E-state index in [-0.39, 0.29) is 16.5 Å². The fourth-order valence-electron chi connectivity index (χ4n) is 1.59. The van der Waals surface area contributed by atoms with Crippen LogP contribution in [0.1, 0.15) is 10.5 Å². The number of sulfonamides is 1. The molecule has 1 heterocycles. The van der Waals surface area contributed by atoms with Crippen molar-refractivity contribution < 1.29 is 23.1 Å². The molecule has 1 aromatic carbocycles. The Hall–Kier alpha value is -2.68. The summed E-state index contributed by atoms with van der Waals surface area (Å²) in [6.45, 7) is 0. The quantitative estimate of drug-likeness (QED) is 0.845. The summed E-state index contributed by atoms with van der Waals surface area (Å²) in [4.78, 5) is 18.1. The number of ether oxygens (including phenoxy) is 1. The van der Waals surface area contributed by atoms with Gasteiger partial charge in [0.25, 0.3) is 10.0 Å². The van der Waals surface area contributed by atoms with Crippen LogP contribution in [0.25, 0.3) is 0 Å². The van der Waals surface area contributed by atoms with Crippen molar-refractivity contribution in [3.63, 3.8) is 0 Å². The van der Waals surface area contributed by atoms with E-state index in [9.17, 15) is 13.2 Å². The first kappa shape index (κ1) is 14.7. The van der Waals surface area contributed by atoms with Crippen LogP contribution in [0.15, 0.2) is 41.6 Å². The van der Waals surface area contributed by atoms with Gasteiger partial charge in [-0.2, -0.15) is 0 Å². The number of para-hydroxylation sites is 1. The van der Waals surface area contributed by atoms with Crippen molar-refractivity contribution in [1.82, 2.24) is 9.97 Å². The predicted molar refractivity (Wildman–Crippen MR) is 72.8 cm³/mol. The van der Waals surface area contributed by atoms with Gasteiger partial charge in [0.2, 0.25) is 0 Å². The maximum atomic E-state index is 12.3. The lowest BCUT2D eigenvalue weighted by Crippen LogP contribution is -2.18. The number of carboxylic acid groups (broad SMARTS) is 1. The van der Waals surface area contributed by atoms with E-state index >= 15 is 0 Å². The first-order valence-electron chi connectivity index (χ1n) is 5.66. The molecule has 0 spiro atoms. The molecule has 0 saturated heterocycles. The molecule has 0 fully saturated rings. The van der Waals surface area contributed by atoms with Crippen molar-refractivity contribution in [2.75, 3.05) is 11.8 Å². The smallest absolute Gasteiger partial charge is 0.358 e. The van der Waals surface area contributed by atoms with Gasteiger partial charge in [-0.25, -0.2) is 23.2 Å². The average molecular weight is 309 g/mol. The molecule has 0 bridgehead atoms. The Morgan fingerprint density at radius 1 is 1.24 bits per heavy atom. The van der Waals surface area contributed by atoms with Crippen LogP contribution in [-0.2, 0) is 10.0 Å². The number of aromatic carboxylic acids is 1. The standard InChI is InChI=1S/C12H11N3O5S/c1-20-8-4-2-3-5-9(8)21(18,19)15-11-10(12(16)17)13-6-7-14-11/h2-7H,1H3,(H,14,15)(H,16,17). The Bertz CT molecular complexity index is 776. The van der Waals surface area contributed by atoms with Gasteiger partial charge in [0.05, 0.1) is 7.11 Å². The van der Waals surface area contributed by atoms with Gasteiger partial charge >= 0.3 is 5.97 Å². The summed E-state index contributed by atoms with van der Waals surface area (Å²) in [5.41, 5.74) is -0.490. The zero-order valence-corrected chi connectivity index (χ0v) is 11.7. The Morgan fingerprint density at radius 3 is 2.57 bits per heavy atom. The molecule has 0 unspecified atom stereocenters. The summed E-state index contributed by atoms with van der Waals surface area (Å²) < 4.78 is 31.7. The summed E-state index contributed by atoms with van der Waals surface area (Å²) in [5.74, 6) is -1.62. The van der Waals surface area contributed by atoms with Gasteiger partial charge in [0.1, 0.15) is 10.6 Å². The van der Waals surface area contributed by atoms with Crippen LogP contribution in [0.3, 0.4) is 0 Å². The molecule has 8 nitrogen and oxygen atoms in total. The van der Waals surface area contributed by atoms with Crippen molar-refractivity contribution in [3.05, 3.63) is 42.4 Å². The van der Waals surface area contributed by atoms with E-state index in [1.165, 1.54) is 31.5 Å². The zero-order chi connectivity index (χ0) is 15.5. The maximum Gasteiger partial charge on any atom is 0.358 e. The van der Waals surface area contributed by atoms with E-state index in [2.05, 4.69) is 14.7 Å². The van der Waals surface area contributed by atoms with Gasteiger partial charge < -0.3 is 9.84 Å². The van der Waals surface area contributed by atoms with Crippen molar-refractivity contribution in [1.29, 1.82) is 0 Å². The molecular formula is C12H11N3O5S. The second-order valence-electron chi connectivity index (χ2n) is 3.82. The van der Waals surface area contributed by atoms with Crippen LogP contribution < -0.4 is 9.46 Å². The minimum absolute atomic E-state index is 0.130. The molecule has 0 aliphatic heterocycles. The molecule has 0 aliphatic rings. The second kappa shape index (κ2) is 5.75. The lowest BCUT2D eigenvalue weighted by molar-refractivity contribution is 0.0691. The van der Waals surface area contributed by atoms with Gasteiger partial charge in [-0.15, -0.1) is 0 Å². The molecular weight excluding hydrogens is 298 g/mol. The van der Waals surface area contributed by atoms with Crippen LogP contribution in [-0.4, -0.2) is 36.6 Å². The Balaban J connectivity index is 2.45. The van der Waals surface area contributed by atoms with Gasteiger partial charge in [0, 0.05) is 12.4 Å². The number of nitrogens with zero attached hydrogens (tertiary/aromatic N) is 2. The summed E-state index contributed by atoms with van der Waals surface area (Å²) in [7, 11) is -2.72. The van der Waals surface area contributed by atoms with Crippen molar-refractivity contribution >= 4 is 21.8 Å². The molecule has 0 radical (unpaired) electrons. The third-order valence-electron chi connectivity index (χ3n) is 2.49. The van der Waals surface area contributed by atoms with Crippen molar-refractivity contribution in [2.45, 2.75) is 4.90 Å². The van der Waals surface area contributed by atoms with Gasteiger partial charge in [-0.05, 0) is 12.1 Å². The minimum atomic E-state index is -4.05. The Morgan fingerprint density at radius 2 is 1.90 bits per heavy atom. The lowest BCUT2D eigenvalue weighted by Gasteiger charge is -2.11. The number of carboxylic acids is 1. The highest BCUT2D eigenvalue weighted by Crippen LogP contribution is 2.25. The van der Waals surface area contributed by atoms with E-state index in [0.29, 0.717) is 0 Å². The number of carbonyl (C=O) groups is 1. The lowest BCUT2D eigenvalue weighted by atomic mass is 10.3. The molecule has 2 rings (SSSR count). The minimum Gasteiger partial charge on any atom is -0.495 e. The van der Waals surface area contributed by atoms with Gasteiger partial charge in [-0.1, -0.05) is 12.1 Å². The molecule has 0 saturated carbocycles. The highest BCUT2D eigenvalue weighted by Gasteiger charge is 2.23. The molecule has 0 atom stereocenters. The van der Waals surface area contributed by atoms with Gasteiger partial charge in [0.15, 0.2) is 11.5 Å². The SMILES string of the molecule is COc1ccccc1S(=O)(=O)Nc1nccnc1C(=O)O. The average Bonchev–Trinajstić information content (AvgIpc) is 2.47. The van der Waals surface area contributed by atoms with Crippen molar-refractivity contribution in [3.8, 4) is 5.75 Å². The fraction of sp³-hybridized carbons (Fsp3) is 0.0833. The summed E-state index contributed by atoms with van der Waals surface area (Å²) >= 11 is 0. The molecule has 0 aliphatic carbocycles. The molecule has 2 aromatic rings. The zero-order valence-electron chi connectivity index (χ0n) is 10.8. The van der Waals surface area contributed by atoms with Crippen LogP contribution in [0, 0.1) is 0 Å². The first-order valence-corrected chi connectivity index (χ1v) is 7.14. The molecule has 21 heavy (non-hydrogen) atoms. The highest BCUT2D eigenvalue weighted by atomic mass is 32.2. The molecule has 0 amide bonds. The number of benzene rings is 1. The number of hydrogen-bond donors (Lipinski definition) is 2. The molecule has 110 valence electrons. The topological polar surface area (TPSA) is 118 Å².